The minimum atomic E-state index is -0.819. The van der Waals surface area contributed by atoms with Gasteiger partial charge in [-0.1, -0.05) is 41.8 Å². The van der Waals surface area contributed by atoms with E-state index in [1.54, 1.807) is 18.2 Å². The van der Waals surface area contributed by atoms with Crippen LogP contribution >= 0.6 is 23.2 Å². The summed E-state index contributed by atoms with van der Waals surface area (Å²) in [4.78, 5) is 12.5. The van der Waals surface area contributed by atoms with Gasteiger partial charge < -0.3 is 5.32 Å². The third-order valence-corrected chi connectivity index (χ3v) is 5.25. The molecule has 3 rings (SSSR count). The van der Waals surface area contributed by atoms with Crippen LogP contribution in [0.15, 0.2) is 18.2 Å². The van der Waals surface area contributed by atoms with Crippen molar-refractivity contribution in [2.75, 3.05) is 0 Å². The summed E-state index contributed by atoms with van der Waals surface area (Å²) in [5.74, 6) is 0.0821. The van der Waals surface area contributed by atoms with E-state index in [2.05, 4.69) is 22.2 Å². The molecule has 1 aromatic rings. The van der Waals surface area contributed by atoms with Gasteiger partial charge in [-0.3, -0.25) is 10.2 Å². The minimum Gasteiger partial charge on any atom is -0.335 e. The second-order valence-electron chi connectivity index (χ2n) is 5.68. The highest BCUT2D eigenvalue weighted by atomic mass is 35.5. The Bertz CT molecular complexity index is 630. The monoisotopic (exact) mass is 338 g/mol. The van der Waals surface area contributed by atoms with E-state index in [-0.39, 0.29) is 17.9 Å². The molecule has 4 unspecified atom stereocenters. The number of carbonyl (C=O) groups is 1. The third-order valence-electron chi connectivity index (χ3n) is 4.41. The highest BCUT2D eigenvalue weighted by molar-refractivity contribution is 6.42. The van der Waals surface area contributed by atoms with Gasteiger partial charge in [0.25, 0.3) is 0 Å². The van der Waals surface area contributed by atoms with Crippen LogP contribution in [0, 0.1) is 17.2 Å². The van der Waals surface area contributed by atoms with E-state index in [0.717, 1.165) is 19.3 Å². The highest BCUT2D eigenvalue weighted by Gasteiger charge is 2.43. The van der Waals surface area contributed by atoms with E-state index in [4.69, 9.17) is 23.2 Å². The number of hydrogen-bond acceptors (Lipinski definition) is 4. The lowest BCUT2D eigenvalue weighted by Crippen LogP contribution is -2.46. The molecule has 3 N–H and O–H groups in total. The first kappa shape index (κ1) is 15.6. The maximum atomic E-state index is 12.5. The first-order valence-corrected chi connectivity index (χ1v) is 8.02. The molecule has 1 saturated carbocycles. The summed E-state index contributed by atoms with van der Waals surface area (Å²) in [7, 11) is 0. The van der Waals surface area contributed by atoms with Gasteiger partial charge in [-0.25, -0.2) is 5.43 Å². The van der Waals surface area contributed by atoms with Gasteiger partial charge >= 0.3 is 0 Å². The van der Waals surface area contributed by atoms with E-state index in [1.807, 2.05) is 0 Å². The molecule has 1 aromatic carbocycles. The van der Waals surface area contributed by atoms with Crippen LogP contribution in [0.2, 0.25) is 10.0 Å². The number of rotatable bonds is 3. The summed E-state index contributed by atoms with van der Waals surface area (Å²) < 4.78 is 0. The Morgan fingerprint density at radius 2 is 2.18 bits per heavy atom. The Balaban J connectivity index is 1.74. The van der Waals surface area contributed by atoms with Crippen LogP contribution in [-0.2, 0) is 4.79 Å². The number of carbonyl (C=O) groups excluding carboxylic acids is 1. The molecule has 5 nitrogen and oxygen atoms in total. The summed E-state index contributed by atoms with van der Waals surface area (Å²) >= 11 is 12.1. The first-order chi connectivity index (χ1) is 10.6. The molecule has 22 heavy (non-hydrogen) atoms. The van der Waals surface area contributed by atoms with E-state index < -0.39 is 6.04 Å². The molecule has 1 saturated heterocycles. The first-order valence-electron chi connectivity index (χ1n) is 7.26. The molecule has 1 amide bonds. The number of fused-ring (bicyclic) bond motifs is 1. The van der Waals surface area contributed by atoms with Crippen molar-refractivity contribution in [3.63, 3.8) is 0 Å². The van der Waals surface area contributed by atoms with Gasteiger partial charge in [0.2, 0.25) is 5.91 Å². The van der Waals surface area contributed by atoms with Crippen molar-refractivity contribution < 1.29 is 4.79 Å². The van der Waals surface area contributed by atoms with Crippen molar-refractivity contribution >= 4 is 29.1 Å². The van der Waals surface area contributed by atoms with Crippen LogP contribution in [0.25, 0.3) is 0 Å². The smallest absolute Gasteiger partial charge is 0.240 e. The number of nitrogens with one attached hydrogen (secondary N) is 3. The molecule has 0 bridgehead atoms. The molecule has 0 radical (unpaired) electrons. The Kier molecular flexibility index (Phi) is 4.55. The van der Waals surface area contributed by atoms with Gasteiger partial charge in [0.15, 0.2) is 0 Å². The highest BCUT2D eigenvalue weighted by Crippen LogP contribution is 2.33. The van der Waals surface area contributed by atoms with Crippen LogP contribution in [-0.4, -0.2) is 18.0 Å². The lowest BCUT2D eigenvalue weighted by Gasteiger charge is -2.20. The molecule has 1 heterocycles. The fourth-order valence-corrected chi connectivity index (χ4v) is 3.70. The fourth-order valence-electron chi connectivity index (χ4n) is 3.29. The SMILES string of the molecule is N#CC(NC(=O)C1NNC2CCCC21)c1cccc(Cl)c1Cl. The van der Waals surface area contributed by atoms with E-state index in [9.17, 15) is 10.1 Å². The zero-order valence-electron chi connectivity index (χ0n) is 11.8. The lowest BCUT2D eigenvalue weighted by atomic mass is 9.96. The summed E-state index contributed by atoms with van der Waals surface area (Å²) in [5.41, 5.74) is 6.71. The molecule has 4 atom stereocenters. The number of nitriles is 1. The maximum absolute atomic E-state index is 12.5. The molecule has 1 aliphatic carbocycles. The zero-order chi connectivity index (χ0) is 15.7. The van der Waals surface area contributed by atoms with Crippen molar-refractivity contribution in [3.05, 3.63) is 33.8 Å². The van der Waals surface area contributed by atoms with Crippen molar-refractivity contribution in [1.29, 1.82) is 5.26 Å². The van der Waals surface area contributed by atoms with Gasteiger partial charge in [-0.2, -0.15) is 5.26 Å². The number of nitrogens with zero attached hydrogens (tertiary/aromatic N) is 1. The largest absolute Gasteiger partial charge is 0.335 e. The third kappa shape index (κ3) is 2.80. The Hall–Kier alpha value is -1.32. The van der Waals surface area contributed by atoms with Gasteiger partial charge in [-0.15, -0.1) is 0 Å². The maximum Gasteiger partial charge on any atom is 0.240 e. The van der Waals surface area contributed by atoms with Crippen LogP contribution in [0.5, 0.6) is 0 Å². The number of amides is 1. The predicted octanol–water partition coefficient (Wildman–Crippen LogP) is 2.32. The number of halogens is 2. The molecule has 7 heteroatoms. The molecule has 0 aromatic heterocycles. The van der Waals surface area contributed by atoms with Crippen LogP contribution < -0.4 is 16.2 Å². The lowest BCUT2D eigenvalue weighted by molar-refractivity contribution is -0.124. The molecular formula is C15H16Cl2N4O. The van der Waals surface area contributed by atoms with Crippen molar-refractivity contribution in [1.82, 2.24) is 16.2 Å². The van der Waals surface area contributed by atoms with E-state index in [0.29, 0.717) is 21.7 Å². The normalized spacial score (nSPS) is 28.0. The average Bonchev–Trinajstić information content (AvgIpc) is 3.10. The van der Waals surface area contributed by atoms with Gasteiger partial charge in [0, 0.05) is 17.5 Å². The molecule has 2 aliphatic rings. The van der Waals surface area contributed by atoms with Crippen LogP contribution in [0.4, 0.5) is 0 Å². The Labute approximate surface area is 138 Å². The predicted molar refractivity (Wildman–Crippen MR) is 84.1 cm³/mol. The van der Waals surface area contributed by atoms with Gasteiger partial charge in [0.1, 0.15) is 12.1 Å². The second-order valence-corrected chi connectivity index (χ2v) is 6.47. The van der Waals surface area contributed by atoms with Crippen molar-refractivity contribution in [2.45, 2.75) is 37.4 Å². The Morgan fingerprint density at radius 3 is 2.95 bits per heavy atom. The van der Waals surface area contributed by atoms with E-state index in [1.165, 1.54) is 0 Å². The molecule has 116 valence electrons. The Morgan fingerprint density at radius 1 is 1.36 bits per heavy atom. The molecule has 1 aliphatic heterocycles. The topological polar surface area (TPSA) is 77.0 Å². The quantitative estimate of drug-likeness (QED) is 0.790. The molecule has 2 fully saturated rings. The van der Waals surface area contributed by atoms with Crippen molar-refractivity contribution in [3.8, 4) is 6.07 Å². The number of hydrazine groups is 1. The summed E-state index contributed by atoms with van der Waals surface area (Å²) in [6.45, 7) is 0. The summed E-state index contributed by atoms with van der Waals surface area (Å²) in [6, 6.07) is 6.33. The average molecular weight is 339 g/mol. The van der Waals surface area contributed by atoms with Gasteiger partial charge in [-0.05, 0) is 18.9 Å². The fraction of sp³-hybridized carbons (Fsp3) is 0.467. The van der Waals surface area contributed by atoms with Crippen LogP contribution in [0.3, 0.4) is 0 Å². The zero-order valence-corrected chi connectivity index (χ0v) is 13.3. The summed E-state index contributed by atoms with van der Waals surface area (Å²) in [5, 5.41) is 12.8. The molecular weight excluding hydrogens is 323 g/mol. The van der Waals surface area contributed by atoms with Crippen LogP contribution in [0.1, 0.15) is 30.9 Å². The second kappa shape index (κ2) is 6.43. The van der Waals surface area contributed by atoms with Crippen molar-refractivity contribution in [2.24, 2.45) is 5.92 Å². The number of benzene rings is 1. The molecule has 0 spiro atoms. The van der Waals surface area contributed by atoms with Gasteiger partial charge in [0.05, 0.1) is 16.1 Å². The van der Waals surface area contributed by atoms with E-state index >= 15 is 0 Å². The number of hydrogen-bond donors (Lipinski definition) is 3. The standard InChI is InChI=1S/C15H16Cl2N4O/c16-10-5-1-3-8(13(10)17)12(7-18)19-15(22)14-9-4-2-6-11(9)20-21-14/h1,3,5,9,11-12,14,20-21H,2,4,6H2,(H,19,22). The minimum absolute atomic E-state index is 0.190. The summed E-state index contributed by atoms with van der Waals surface area (Å²) in [6.07, 6.45) is 3.21.